The highest BCUT2D eigenvalue weighted by Gasteiger charge is 2.46. The number of rotatable bonds is 6. The number of nitrogens with zero attached hydrogens (tertiary/aromatic N) is 2. The third-order valence-corrected chi connectivity index (χ3v) is 4.53. The Bertz CT molecular complexity index is 820. The van der Waals surface area contributed by atoms with Crippen molar-refractivity contribution in [1.29, 1.82) is 0 Å². The highest BCUT2D eigenvalue weighted by molar-refractivity contribution is 5.93. The third-order valence-electron chi connectivity index (χ3n) is 4.53. The van der Waals surface area contributed by atoms with E-state index in [0.29, 0.717) is 17.9 Å². The molecule has 1 amide bonds. The predicted octanol–water partition coefficient (Wildman–Crippen LogP) is 2.93. The van der Waals surface area contributed by atoms with E-state index >= 15 is 0 Å². The first-order valence-electron chi connectivity index (χ1n) is 8.67. The smallest absolute Gasteiger partial charge is 0.410 e. The second kappa shape index (κ2) is 8.09. The van der Waals surface area contributed by atoms with E-state index < -0.39 is 24.2 Å². The van der Waals surface area contributed by atoms with Crippen LogP contribution in [0.5, 0.6) is 5.75 Å². The van der Waals surface area contributed by atoms with E-state index in [2.05, 4.69) is 15.7 Å². The molecule has 0 fully saturated rings. The Labute approximate surface area is 159 Å². The molecule has 1 aromatic carbocycles. The van der Waals surface area contributed by atoms with E-state index in [4.69, 9.17) is 9.47 Å². The van der Waals surface area contributed by atoms with Crippen LogP contribution in [-0.4, -0.2) is 49.2 Å². The molecule has 0 aliphatic carbocycles. The van der Waals surface area contributed by atoms with Crippen LogP contribution in [-0.2, 0) is 4.74 Å². The van der Waals surface area contributed by atoms with E-state index in [1.807, 2.05) is 0 Å². The molecule has 28 heavy (non-hydrogen) atoms. The standard InChI is InChI=1S/C18H21F3N4O3/c1-27-8-7-22-17(26)14-10-16-23-13(11-3-5-12(28-2)6-4-11)9-15(18(19,20)21)25(16)24-14/h3-6,10,13,15,23H,7-9H2,1-2H3,(H,22,26)/t13-,15-/m0/s1. The molecule has 2 N–H and O–H groups in total. The number of benzene rings is 1. The van der Waals surface area contributed by atoms with E-state index in [1.165, 1.54) is 20.3 Å². The molecule has 2 heterocycles. The van der Waals surface area contributed by atoms with Gasteiger partial charge >= 0.3 is 6.18 Å². The molecule has 0 unspecified atom stereocenters. The summed E-state index contributed by atoms with van der Waals surface area (Å²) in [7, 11) is 3.00. The fraction of sp³-hybridized carbons (Fsp3) is 0.444. The molecule has 1 aliphatic rings. The zero-order valence-electron chi connectivity index (χ0n) is 15.4. The molecule has 0 bridgehead atoms. The number of nitrogens with one attached hydrogen (secondary N) is 2. The van der Waals surface area contributed by atoms with Crippen LogP contribution >= 0.6 is 0 Å². The van der Waals surface area contributed by atoms with Gasteiger partial charge in [0.2, 0.25) is 0 Å². The largest absolute Gasteiger partial charge is 0.497 e. The SMILES string of the molecule is COCCNC(=O)c1cc2n(n1)[C@H](C(F)(F)F)C[C@@H](c1ccc(OC)cc1)N2. The Hall–Kier alpha value is -2.75. The van der Waals surface area contributed by atoms with Crippen LogP contribution in [0.3, 0.4) is 0 Å². The second-order valence-corrected chi connectivity index (χ2v) is 6.37. The van der Waals surface area contributed by atoms with Crippen molar-refractivity contribution < 1.29 is 27.4 Å². The Balaban J connectivity index is 1.87. The van der Waals surface area contributed by atoms with Crippen molar-refractivity contribution in [1.82, 2.24) is 15.1 Å². The number of anilines is 1. The summed E-state index contributed by atoms with van der Waals surface area (Å²) in [5, 5.41) is 9.50. The fourth-order valence-electron chi connectivity index (χ4n) is 3.10. The van der Waals surface area contributed by atoms with Crippen molar-refractivity contribution in [2.75, 3.05) is 32.7 Å². The Morgan fingerprint density at radius 1 is 1.32 bits per heavy atom. The number of carbonyl (C=O) groups is 1. The van der Waals surface area contributed by atoms with Crippen LogP contribution in [0.1, 0.15) is 34.6 Å². The van der Waals surface area contributed by atoms with E-state index in [9.17, 15) is 18.0 Å². The maximum Gasteiger partial charge on any atom is 0.410 e. The number of fused-ring (bicyclic) bond motifs is 1. The van der Waals surface area contributed by atoms with Gasteiger partial charge in [-0.2, -0.15) is 18.3 Å². The molecule has 2 atom stereocenters. The number of aromatic nitrogens is 2. The van der Waals surface area contributed by atoms with Gasteiger partial charge in [-0.25, -0.2) is 4.68 Å². The van der Waals surface area contributed by atoms with Gasteiger partial charge in [0.1, 0.15) is 11.6 Å². The van der Waals surface area contributed by atoms with E-state index in [-0.39, 0.29) is 24.5 Å². The molecule has 7 nitrogen and oxygen atoms in total. The number of methoxy groups -OCH3 is 2. The minimum absolute atomic E-state index is 0.0803. The number of amides is 1. The molecule has 0 radical (unpaired) electrons. The maximum absolute atomic E-state index is 13.7. The van der Waals surface area contributed by atoms with Crippen molar-refractivity contribution in [2.45, 2.75) is 24.7 Å². The van der Waals surface area contributed by atoms with Crippen LogP contribution in [0, 0.1) is 0 Å². The average molecular weight is 398 g/mol. The summed E-state index contributed by atoms with van der Waals surface area (Å²) in [6, 6.07) is 5.74. The molecule has 3 rings (SSSR count). The molecule has 152 valence electrons. The minimum Gasteiger partial charge on any atom is -0.497 e. The lowest BCUT2D eigenvalue weighted by molar-refractivity contribution is -0.173. The molecular weight excluding hydrogens is 377 g/mol. The van der Waals surface area contributed by atoms with Gasteiger partial charge in [0.05, 0.1) is 19.8 Å². The summed E-state index contributed by atoms with van der Waals surface area (Å²) >= 11 is 0. The Morgan fingerprint density at radius 3 is 2.64 bits per heavy atom. The normalized spacial score (nSPS) is 18.9. The first-order valence-corrected chi connectivity index (χ1v) is 8.67. The predicted molar refractivity (Wildman–Crippen MR) is 95.5 cm³/mol. The van der Waals surface area contributed by atoms with Crippen LogP contribution < -0.4 is 15.4 Å². The summed E-state index contributed by atoms with van der Waals surface area (Å²) in [6.45, 7) is 0.532. The lowest BCUT2D eigenvalue weighted by Gasteiger charge is -2.33. The van der Waals surface area contributed by atoms with Crippen molar-refractivity contribution in [3.05, 3.63) is 41.6 Å². The number of alkyl halides is 3. The zero-order chi connectivity index (χ0) is 20.3. The Morgan fingerprint density at radius 2 is 2.04 bits per heavy atom. The molecule has 2 aromatic rings. The number of carbonyl (C=O) groups excluding carboxylic acids is 1. The topological polar surface area (TPSA) is 77.4 Å². The monoisotopic (exact) mass is 398 g/mol. The van der Waals surface area contributed by atoms with E-state index in [0.717, 1.165) is 4.68 Å². The van der Waals surface area contributed by atoms with Crippen molar-refractivity contribution in [3.8, 4) is 5.75 Å². The highest BCUT2D eigenvalue weighted by atomic mass is 19.4. The van der Waals surface area contributed by atoms with Gasteiger partial charge in [0.25, 0.3) is 5.91 Å². The van der Waals surface area contributed by atoms with Gasteiger partial charge in [-0.1, -0.05) is 12.1 Å². The lowest BCUT2D eigenvalue weighted by Crippen LogP contribution is -2.35. The molecular formula is C18H21F3N4O3. The molecule has 10 heteroatoms. The first kappa shape index (κ1) is 20.0. The van der Waals surface area contributed by atoms with Gasteiger partial charge in [-0.3, -0.25) is 4.79 Å². The number of hydrogen-bond acceptors (Lipinski definition) is 5. The summed E-state index contributed by atoms with van der Waals surface area (Å²) in [5.74, 6) is 0.209. The van der Waals surface area contributed by atoms with Crippen molar-refractivity contribution in [2.24, 2.45) is 0 Å². The molecule has 0 spiro atoms. The summed E-state index contributed by atoms with van der Waals surface area (Å²) in [4.78, 5) is 12.2. The first-order chi connectivity index (χ1) is 13.3. The molecule has 0 saturated heterocycles. The van der Waals surface area contributed by atoms with Crippen LogP contribution in [0.15, 0.2) is 30.3 Å². The maximum atomic E-state index is 13.7. The third kappa shape index (κ3) is 4.22. The summed E-state index contributed by atoms with van der Waals surface area (Å²) in [5.41, 5.74) is 0.608. The van der Waals surface area contributed by atoms with Crippen LogP contribution in [0.2, 0.25) is 0 Å². The van der Waals surface area contributed by atoms with E-state index in [1.54, 1.807) is 24.3 Å². The van der Waals surface area contributed by atoms with Crippen molar-refractivity contribution in [3.63, 3.8) is 0 Å². The molecule has 0 saturated carbocycles. The number of ether oxygens (including phenoxy) is 2. The van der Waals surface area contributed by atoms with Gasteiger partial charge < -0.3 is 20.1 Å². The van der Waals surface area contributed by atoms with Gasteiger partial charge in [-0.05, 0) is 17.7 Å². The van der Waals surface area contributed by atoms with Gasteiger partial charge in [-0.15, -0.1) is 0 Å². The van der Waals surface area contributed by atoms with Gasteiger partial charge in [0.15, 0.2) is 11.7 Å². The molecule has 1 aromatic heterocycles. The van der Waals surface area contributed by atoms with Crippen LogP contribution in [0.4, 0.5) is 19.0 Å². The van der Waals surface area contributed by atoms with Crippen LogP contribution in [0.25, 0.3) is 0 Å². The average Bonchev–Trinajstić information content (AvgIpc) is 3.10. The van der Waals surface area contributed by atoms with Crippen molar-refractivity contribution >= 4 is 11.7 Å². The van der Waals surface area contributed by atoms with Gasteiger partial charge in [0, 0.05) is 26.1 Å². The number of hydrogen-bond donors (Lipinski definition) is 2. The lowest BCUT2D eigenvalue weighted by atomic mass is 9.97. The minimum atomic E-state index is -4.50. The molecule has 1 aliphatic heterocycles. The quantitative estimate of drug-likeness (QED) is 0.732. The summed E-state index contributed by atoms with van der Waals surface area (Å²) < 4.78 is 51.8. The summed E-state index contributed by atoms with van der Waals surface area (Å²) in [6.07, 6.45) is -4.74. The highest BCUT2D eigenvalue weighted by Crippen LogP contribution is 2.43. The fourth-order valence-corrected chi connectivity index (χ4v) is 3.10. The number of halogens is 3. The second-order valence-electron chi connectivity index (χ2n) is 6.37. The zero-order valence-corrected chi connectivity index (χ0v) is 15.4. The Kier molecular flexibility index (Phi) is 5.78.